The van der Waals surface area contributed by atoms with Gasteiger partial charge in [0, 0.05) is 38.0 Å². The van der Waals surface area contributed by atoms with E-state index in [1.165, 1.54) is 10.6 Å². The van der Waals surface area contributed by atoms with E-state index in [2.05, 4.69) is 17.4 Å². The van der Waals surface area contributed by atoms with Crippen molar-refractivity contribution >= 4 is 23.8 Å². The Morgan fingerprint density at radius 3 is 2.58 bits per heavy atom. The van der Waals surface area contributed by atoms with Gasteiger partial charge in [0.15, 0.2) is 0 Å². The molecule has 11 heteroatoms. The Labute approximate surface area is 236 Å². The predicted octanol–water partition coefficient (Wildman–Crippen LogP) is 3.39. The van der Waals surface area contributed by atoms with Gasteiger partial charge in [-0.25, -0.2) is 9.78 Å². The van der Waals surface area contributed by atoms with Crippen LogP contribution in [0.2, 0.25) is 0 Å². The highest BCUT2D eigenvalue weighted by Gasteiger charge is 2.43. The molecule has 222 valence electrons. The van der Waals surface area contributed by atoms with Crippen LogP contribution in [0.15, 0.2) is 12.1 Å². The second-order valence-corrected chi connectivity index (χ2v) is 12.2. The molecule has 40 heavy (non-hydrogen) atoms. The highest BCUT2D eigenvalue weighted by Crippen LogP contribution is 2.37. The van der Waals surface area contributed by atoms with Crippen LogP contribution >= 0.6 is 0 Å². The Balaban J connectivity index is 1.30. The lowest BCUT2D eigenvalue weighted by Gasteiger charge is -2.44. The van der Waals surface area contributed by atoms with E-state index in [4.69, 9.17) is 14.6 Å². The van der Waals surface area contributed by atoms with Crippen LogP contribution in [0.5, 0.6) is 0 Å². The summed E-state index contributed by atoms with van der Waals surface area (Å²) in [7, 11) is 0. The van der Waals surface area contributed by atoms with E-state index in [-0.39, 0.29) is 19.1 Å². The SMILES string of the molecule is CC(C)(C)OC(=O)N1CCC(C(=O)ON(C2CC(CCc3ccc4c(n3)NCCC4)C2)[C@@H](CCO)C(=O)O)CC1. The third-order valence-corrected chi connectivity index (χ3v) is 8.00. The van der Waals surface area contributed by atoms with Gasteiger partial charge in [0.2, 0.25) is 0 Å². The number of ether oxygens (including phenoxy) is 1. The zero-order chi connectivity index (χ0) is 28.9. The van der Waals surface area contributed by atoms with Crippen molar-refractivity contribution in [2.24, 2.45) is 11.8 Å². The first-order valence-electron chi connectivity index (χ1n) is 14.6. The maximum Gasteiger partial charge on any atom is 0.410 e. The summed E-state index contributed by atoms with van der Waals surface area (Å²) in [5, 5.41) is 24.0. The van der Waals surface area contributed by atoms with E-state index in [1.54, 1.807) is 4.90 Å². The van der Waals surface area contributed by atoms with Crippen molar-refractivity contribution in [2.45, 2.75) is 96.2 Å². The topological polar surface area (TPSA) is 142 Å². The van der Waals surface area contributed by atoms with Crippen molar-refractivity contribution in [1.82, 2.24) is 14.9 Å². The minimum atomic E-state index is -1.13. The summed E-state index contributed by atoms with van der Waals surface area (Å²) in [5.41, 5.74) is 1.71. The number of rotatable bonds is 10. The fourth-order valence-electron chi connectivity index (χ4n) is 5.68. The fraction of sp³-hybridized carbons (Fsp3) is 0.724. The summed E-state index contributed by atoms with van der Waals surface area (Å²) in [6.07, 6.45) is 5.74. The smallest absolute Gasteiger partial charge is 0.410 e. The monoisotopic (exact) mass is 560 g/mol. The number of hydroxylamine groups is 2. The van der Waals surface area contributed by atoms with Gasteiger partial charge >= 0.3 is 18.0 Å². The fourth-order valence-corrected chi connectivity index (χ4v) is 5.68. The highest BCUT2D eigenvalue weighted by atomic mass is 16.7. The Hall–Kier alpha value is -2.92. The van der Waals surface area contributed by atoms with Crippen molar-refractivity contribution in [3.05, 3.63) is 23.4 Å². The van der Waals surface area contributed by atoms with Gasteiger partial charge < -0.3 is 30.0 Å². The maximum absolute atomic E-state index is 13.1. The molecule has 1 atom stereocenters. The number of nitrogens with zero attached hydrogens (tertiary/aromatic N) is 3. The van der Waals surface area contributed by atoms with Gasteiger partial charge in [-0.05, 0) is 96.1 Å². The number of hydrogen-bond acceptors (Lipinski definition) is 9. The van der Waals surface area contributed by atoms with Gasteiger partial charge in [-0.1, -0.05) is 6.07 Å². The first-order valence-corrected chi connectivity index (χ1v) is 14.6. The summed E-state index contributed by atoms with van der Waals surface area (Å²) in [6.45, 7) is 6.78. The van der Waals surface area contributed by atoms with Crippen LogP contribution in [0.25, 0.3) is 0 Å². The molecule has 0 spiro atoms. The number of aromatic nitrogens is 1. The van der Waals surface area contributed by atoms with E-state index in [0.29, 0.717) is 44.7 Å². The number of amides is 1. The van der Waals surface area contributed by atoms with Crippen LogP contribution in [0, 0.1) is 11.8 Å². The molecule has 1 saturated carbocycles. The highest BCUT2D eigenvalue weighted by molar-refractivity contribution is 5.75. The number of carboxylic acid groups (broad SMARTS) is 1. The second-order valence-electron chi connectivity index (χ2n) is 12.2. The Morgan fingerprint density at radius 2 is 1.93 bits per heavy atom. The number of likely N-dealkylation sites (tertiary alicyclic amines) is 1. The molecular formula is C29H44N4O7. The number of carboxylic acids is 1. The Kier molecular flexibility index (Phi) is 9.89. The van der Waals surface area contributed by atoms with E-state index < -0.39 is 35.6 Å². The molecule has 1 aromatic heterocycles. The molecule has 1 aliphatic carbocycles. The number of aliphatic carboxylic acids is 1. The zero-order valence-corrected chi connectivity index (χ0v) is 23.9. The maximum atomic E-state index is 13.1. The molecule has 1 saturated heterocycles. The molecule has 2 aliphatic heterocycles. The minimum Gasteiger partial charge on any atom is -0.480 e. The number of hydrogen-bond donors (Lipinski definition) is 3. The van der Waals surface area contributed by atoms with E-state index in [0.717, 1.165) is 43.7 Å². The lowest BCUT2D eigenvalue weighted by Crippen LogP contribution is -2.54. The van der Waals surface area contributed by atoms with Crippen molar-refractivity contribution < 1.29 is 34.2 Å². The van der Waals surface area contributed by atoms with Crippen LogP contribution in [-0.2, 0) is 32.0 Å². The average Bonchev–Trinajstić information content (AvgIpc) is 2.89. The number of aryl methyl sites for hydroxylation is 2. The van der Waals surface area contributed by atoms with Crippen LogP contribution < -0.4 is 5.32 Å². The number of aliphatic hydroxyl groups is 1. The lowest BCUT2D eigenvalue weighted by atomic mass is 9.76. The Morgan fingerprint density at radius 1 is 1.20 bits per heavy atom. The van der Waals surface area contributed by atoms with Crippen molar-refractivity contribution in [3.8, 4) is 0 Å². The van der Waals surface area contributed by atoms with Crippen LogP contribution in [0.3, 0.4) is 0 Å². The molecule has 2 fully saturated rings. The Bertz CT molecular complexity index is 1050. The van der Waals surface area contributed by atoms with E-state index in [1.807, 2.05) is 20.8 Å². The first kappa shape index (κ1) is 30.0. The van der Waals surface area contributed by atoms with E-state index in [9.17, 15) is 24.6 Å². The normalized spacial score (nSPS) is 22.1. The van der Waals surface area contributed by atoms with Crippen molar-refractivity contribution in [1.29, 1.82) is 0 Å². The standard InChI is InChI=1S/C29H44N4O7/c1-29(2,3)39-28(38)32-14-10-21(11-15-32)27(37)40-33(24(12-16-34)26(35)36)23-17-19(18-23)6-8-22-9-7-20-5-4-13-30-25(20)31-22/h7,9,19,21,23-24,34H,4-6,8,10-18H2,1-3H3,(H,30,31)(H,35,36)/t19?,23?,24-/m0/s1. The van der Waals surface area contributed by atoms with Gasteiger partial charge in [-0.2, -0.15) is 0 Å². The molecular weight excluding hydrogens is 516 g/mol. The lowest BCUT2D eigenvalue weighted by molar-refractivity contribution is -0.238. The molecule has 3 aliphatic rings. The van der Waals surface area contributed by atoms with Crippen molar-refractivity contribution in [3.63, 3.8) is 0 Å². The molecule has 0 radical (unpaired) electrons. The number of aliphatic hydroxyl groups excluding tert-OH is 1. The van der Waals surface area contributed by atoms with Gasteiger partial charge in [0.1, 0.15) is 17.5 Å². The molecule has 1 amide bonds. The van der Waals surface area contributed by atoms with Gasteiger partial charge in [0.05, 0.1) is 5.92 Å². The molecule has 0 unspecified atom stereocenters. The molecule has 3 N–H and O–H groups in total. The molecule has 11 nitrogen and oxygen atoms in total. The quantitative estimate of drug-likeness (QED) is 0.365. The third-order valence-electron chi connectivity index (χ3n) is 8.00. The number of nitrogens with one attached hydrogen (secondary N) is 1. The molecule has 3 heterocycles. The zero-order valence-electron chi connectivity index (χ0n) is 23.9. The molecule has 1 aromatic rings. The second kappa shape index (κ2) is 13.2. The summed E-state index contributed by atoms with van der Waals surface area (Å²) >= 11 is 0. The number of pyridine rings is 1. The van der Waals surface area contributed by atoms with Gasteiger partial charge in [-0.15, -0.1) is 5.06 Å². The summed E-state index contributed by atoms with van der Waals surface area (Å²) in [6, 6.07) is 2.90. The molecule has 4 rings (SSSR count). The van der Waals surface area contributed by atoms with Crippen LogP contribution in [0.4, 0.5) is 10.6 Å². The van der Waals surface area contributed by atoms with Crippen molar-refractivity contribution in [2.75, 3.05) is 31.6 Å². The number of carbonyl (C=O) groups excluding carboxylic acids is 2. The van der Waals surface area contributed by atoms with Crippen LogP contribution in [0.1, 0.15) is 77.0 Å². The first-order chi connectivity index (χ1) is 19.0. The minimum absolute atomic E-state index is 0.0348. The summed E-state index contributed by atoms with van der Waals surface area (Å²) < 4.78 is 5.42. The van der Waals surface area contributed by atoms with Gasteiger partial charge in [0.25, 0.3) is 0 Å². The van der Waals surface area contributed by atoms with Gasteiger partial charge in [-0.3, -0.25) is 9.59 Å². The predicted molar refractivity (Wildman–Crippen MR) is 147 cm³/mol. The average molecular weight is 561 g/mol. The molecule has 0 aromatic carbocycles. The molecule has 0 bridgehead atoms. The summed E-state index contributed by atoms with van der Waals surface area (Å²) in [4.78, 5) is 49.7. The summed E-state index contributed by atoms with van der Waals surface area (Å²) in [5.74, 6) is -0.696. The largest absolute Gasteiger partial charge is 0.480 e. The third kappa shape index (κ3) is 7.84. The van der Waals surface area contributed by atoms with Crippen LogP contribution in [-0.4, -0.2) is 87.1 Å². The number of carbonyl (C=O) groups is 3. The number of piperidine rings is 1. The number of fused-ring (bicyclic) bond motifs is 1. The van der Waals surface area contributed by atoms with E-state index >= 15 is 0 Å². The number of anilines is 1.